The van der Waals surface area contributed by atoms with Gasteiger partial charge < -0.3 is 40.1 Å². The fourth-order valence-corrected chi connectivity index (χ4v) is 6.50. The van der Waals surface area contributed by atoms with Gasteiger partial charge in [0.15, 0.2) is 6.04 Å². The second-order valence-corrected chi connectivity index (χ2v) is 17.3. The van der Waals surface area contributed by atoms with Crippen molar-refractivity contribution in [2.45, 2.75) is 189 Å². The highest BCUT2D eigenvalue weighted by Crippen LogP contribution is 2.24. The van der Waals surface area contributed by atoms with Crippen molar-refractivity contribution >= 4 is 30.2 Å². The maximum absolute atomic E-state index is 14.0. The van der Waals surface area contributed by atoms with E-state index in [4.69, 9.17) is 14.2 Å². The maximum atomic E-state index is 14.0. The van der Waals surface area contributed by atoms with E-state index >= 15 is 0 Å². The molecule has 0 fully saturated rings. The van der Waals surface area contributed by atoms with Gasteiger partial charge in [0.05, 0.1) is 19.3 Å². The number of nitrogens with one attached hydrogen (secondary N) is 3. The summed E-state index contributed by atoms with van der Waals surface area (Å²) >= 11 is 0. The zero-order valence-electron chi connectivity index (χ0n) is 36.8. The van der Waals surface area contributed by atoms with Gasteiger partial charge in [0.25, 0.3) is 0 Å². The Hall–Kier alpha value is -3.51. The molecule has 3 amide bonds. The molecule has 12 nitrogen and oxygen atoms in total. The van der Waals surface area contributed by atoms with Crippen molar-refractivity contribution in [2.24, 2.45) is 23.7 Å². The molecule has 0 aliphatic carbocycles. The summed E-state index contributed by atoms with van der Waals surface area (Å²) in [5.74, 6) is -3.93. The van der Waals surface area contributed by atoms with E-state index in [2.05, 4.69) is 22.9 Å². The molecule has 0 heterocycles. The predicted octanol–water partition coefficient (Wildman–Crippen LogP) is 7.82. The normalized spacial score (nSPS) is 15.5. The number of carbonyl (C=O) groups excluding carboxylic acids is 5. The highest BCUT2D eigenvalue weighted by molar-refractivity contribution is 5.93. The van der Waals surface area contributed by atoms with E-state index in [1.165, 1.54) is 44.9 Å². The Bertz CT molecular complexity index is 1300. The quantitative estimate of drug-likeness (QED) is 0.0358. The number of hydrogen-bond acceptors (Lipinski definition) is 9. The van der Waals surface area contributed by atoms with E-state index in [1.807, 2.05) is 30.3 Å². The van der Waals surface area contributed by atoms with Gasteiger partial charge in [-0.2, -0.15) is 0 Å². The summed E-state index contributed by atoms with van der Waals surface area (Å²) in [6.45, 7) is 17.8. The third-order valence-corrected chi connectivity index (χ3v) is 10.1. The summed E-state index contributed by atoms with van der Waals surface area (Å²) < 4.78 is 17.4. The van der Waals surface area contributed by atoms with Crippen LogP contribution in [0.25, 0.3) is 0 Å². The zero-order chi connectivity index (χ0) is 43.0. The van der Waals surface area contributed by atoms with Crippen molar-refractivity contribution < 1.29 is 43.3 Å². The lowest BCUT2D eigenvalue weighted by molar-refractivity contribution is -0.161. The lowest BCUT2D eigenvalue weighted by Crippen LogP contribution is -2.59. The fourth-order valence-electron chi connectivity index (χ4n) is 6.50. The van der Waals surface area contributed by atoms with Crippen LogP contribution in [0.2, 0.25) is 0 Å². The SMILES string of the molecule is CCCCCCCCCCCCC[C@@H](OC(=O)[C@H](COCc1ccccc1)NC(=O)[C@@H](NC(=O)[C@@H](NC(=O)OC(C)(C)C)C(C)C)C(C)C)[C@H](C)[C@@H](O)[C@@H](C)C=O. The molecular weight excluding hydrogens is 727 g/mol. The molecule has 12 heteroatoms. The Morgan fingerprint density at radius 1 is 0.737 bits per heavy atom. The Kier molecular flexibility index (Phi) is 25.3. The van der Waals surface area contributed by atoms with Crippen LogP contribution >= 0.6 is 0 Å². The molecule has 1 aromatic carbocycles. The Morgan fingerprint density at radius 3 is 1.75 bits per heavy atom. The minimum absolute atomic E-state index is 0.172. The molecule has 0 aliphatic rings. The van der Waals surface area contributed by atoms with Gasteiger partial charge in [0.1, 0.15) is 30.1 Å². The molecule has 0 radical (unpaired) electrons. The third kappa shape index (κ3) is 21.7. The second kappa shape index (κ2) is 28.0. The molecule has 7 atom stereocenters. The minimum atomic E-state index is -1.26. The van der Waals surface area contributed by atoms with Gasteiger partial charge in [0.2, 0.25) is 11.8 Å². The molecule has 0 aliphatic heterocycles. The number of rotatable bonds is 29. The maximum Gasteiger partial charge on any atom is 0.408 e. The Morgan fingerprint density at radius 2 is 1.25 bits per heavy atom. The summed E-state index contributed by atoms with van der Waals surface area (Å²) in [6, 6.07) is 6.06. The number of unbranched alkanes of at least 4 members (excludes halogenated alkanes) is 10. The molecule has 0 bridgehead atoms. The van der Waals surface area contributed by atoms with E-state index < -0.39 is 77.6 Å². The number of esters is 1. The van der Waals surface area contributed by atoms with Crippen LogP contribution in [0, 0.1) is 23.7 Å². The van der Waals surface area contributed by atoms with Crippen LogP contribution in [-0.4, -0.2) is 77.8 Å². The topological polar surface area (TPSA) is 169 Å². The molecule has 0 saturated heterocycles. The average Bonchev–Trinajstić information content (AvgIpc) is 3.15. The van der Waals surface area contributed by atoms with Crippen molar-refractivity contribution in [1.29, 1.82) is 0 Å². The van der Waals surface area contributed by atoms with Crippen LogP contribution in [0.5, 0.6) is 0 Å². The molecule has 0 aromatic heterocycles. The van der Waals surface area contributed by atoms with E-state index in [0.717, 1.165) is 31.2 Å². The van der Waals surface area contributed by atoms with Crippen molar-refractivity contribution in [3.63, 3.8) is 0 Å². The first-order valence-electron chi connectivity index (χ1n) is 21.5. The van der Waals surface area contributed by atoms with Gasteiger partial charge in [-0.3, -0.25) is 9.59 Å². The summed E-state index contributed by atoms with van der Waals surface area (Å²) in [4.78, 5) is 65.7. The molecule has 0 unspecified atom stereocenters. The molecule has 4 N–H and O–H groups in total. The first-order chi connectivity index (χ1) is 26.9. The number of benzene rings is 1. The van der Waals surface area contributed by atoms with Crippen molar-refractivity contribution in [3.05, 3.63) is 35.9 Å². The number of aliphatic hydroxyl groups is 1. The van der Waals surface area contributed by atoms with Gasteiger partial charge in [-0.15, -0.1) is 0 Å². The molecule has 1 aromatic rings. The highest BCUT2D eigenvalue weighted by Gasteiger charge is 2.36. The second-order valence-electron chi connectivity index (χ2n) is 17.3. The zero-order valence-corrected chi connectivity index (χ0v) is 36.8. The smallest absolute Gasteiger partial charge is 0.408 e. The monoisotopic (exact) mass is 804 g/mol. The number of alkyl carbamates (subject to hydrolysis) is 1. The van der Waals surface area contributed by atoms with Crippen molar-refractivity contribution in [1.82, 2.24) is 16.0 Å². The number of ether oxygens (including phenoxy) is 3. The Labute approximate surface area is 343 Å². The summed E-state index contributed by atoms with van der Waals surface area (Å²) in [5.41, 5.74) is 0.0953. The molecule has 57 heavy (non-hydrogen) atoms. The van der Waals surface area contributed by atoms with Crippen LogP contribution in [0.4, 0.5) is 4.79 Å². The minimum Gasteiger partial charge on any atom is -0.460 e. The lowest BCUT2D eigenvalue weighted by Gasteiger charge is -2.32. The van der Waals surface area contributed by atoms with Gasteiger partial charge >= 0.3 is 12.1 Å². The first kappa shape index (κ1) is 51.5. The number of aliphatic hydroxyl groups excluding tert-OH is 1. The van der Waals surface area contributed by atoms with Gasteiger partial charge in [-0.05, 0) is 51.0 Å². The average molecular weight is 804 g/mol. The van der Waals surface area contributed by atoms with E-state index in [0.29, 0.717) is 12.7 Å². The summed E-state index contributed by atoms with van der Waals surface area (Å²) in [7, 11) is 0. The lowest BCUT2D eigenvalue weighted by atomic mass is 9.87. The molecule has 0 spiro atoms. The van der Waals surface area contributed by atoms with Gasteiger partial charge in [-0.1, -0.05) is 143 Å². The number of amides is 3. The van der Waals surface area contributed by atoms with Gasteiger partial charge in [-0.25, -0.2) is 9.59 Å². The van der Waals surface area contributed by atoms with Crippen LogP contribution < -0.4 is 16.0 Å². The molecular formula is C45H77N3O9. The summed E-state index contributed by atoms with van der Waals surface area (Å²) in [6.07, 6.45) is 11.3. The van der Waals surface area contributed by atoms with Gasteiger partial charge in [0, 0.05) is 11.8 Å². The fraction of sp³-hybridized carbons (Fsp3) is 0.756. The van der Waals surface area contributed by atoms with Crippen molar-refractivity contribution in [3.8, 4) is 0 Å². The number of carbonyl (C=O) groups is 5. The third-order valence-electron chi connectivity index (χ3n) is 10.1. The van der Waals surface area contributed by atoms with Crippen LogP contribution in [-0.2, 0) is 40.0 Å². The van der Waals surface area contributed by atoms with Crippen molar-refractivity contribution in [2.75, 3.05) is 6.61 Å². The molecule has 326 valence electrons. The standard InChI is InChI=1S/C45H77N3O9/c1-11-12-13-14-15-16-17-18-19-20-24-27-37(34(7)40(50)33(6)28-49)56-43(53)36(30-55-29-35-25-22-21-23-26-35)46-41(51)38(31(2)3)47-42(52)39(32(4)5)48-44(54)57-45(8,9)10/h21-23,25-26,28,31-34,36-40,50H,11-20,24,27,29-30H2,1-10H3,(H,46,51)(H,47,52)(H,48,54)/t33-,34-,36-,37+,38-,39-,40-/m0/s1. The van der Waals surface area contributed by atoms with E-state index in [9.17, 15) is 29.1 Å². The highest BCUT2D eigenvalue weighted by atomic mass is 16.6. The van der Waals surface area contributed by atoms with Crippen LogP contribution in [0.15, 0.2) is 30.3 Å². The number of hydrogen-bond donors (Lipinski definition) is 4. The first-order valence-corrected chi connectivity index (χ1v) is 21.5. The van der Waals surface area contributed by atoms with E-state index in [1.54, 1.807) is 62.3 Å². The molecule has 0 saturated carbocycles. The number of aldehydes is 1. The Balaban J connectivity index is 3.17. The van der Waals surface area contributed by atoms with Crippen LogP contribution in [0.1, 0.15) is 152 Å². The largest absolute Gasteiger partial charge is 0.460 e. The van der Waals surface area contributed by atoms with E-state index in [-0.39, 0.29) is 19.1 Å². The molecule has 1 rings (SSSR count). The summed E-state index contributed by atoms with van der Waals surface area (Å²) in [5, 5.41) is 19.2. The van der Waals surface area contributed by atoms with Crippen LogP contribution in [0.3, 0.4) is 0 Å². The predicted molar refractivity (Wildman–Crippen MR) is 224 cm³/mol.